The fraction of sp³-hybridized carbons (Fsp3) is 0.545. The van der Waals surface area contributed by atoms with Crippen LogP contribution in [0.3, 0.4) is 0 Å². The zero-order chi connectivity index (χ0) is 44.1. The van der Waals surface area contributed by atoms with Crippen LogP contribution in [-0.4, -0.2) is 50.8 Å². The molecule has 4 aliphatic rings. The van der Waals surface area contributed by atoms with Crippen molar-refractivity contribution in [1.29, 1.82) is 0 Å². The lowest BCUT2D eigenvalue weighted by molar-refractivity contribution is -0.00635. The van der Waals surface area contributed by atoms with E-state index in [1.807, 2.05) is 66.7 Å². The summed E-state index contributed by atoms with van der Waals surface area (Å²) in [5.74, 6) is 5.37. The number of aliphatic hydroxyl groups excluding tert-OH is 1. The van der Waals surface area contributed by atoms with Crippen LogP contribution in [0, 0.1) is 46.3 Å². The molecule has 3 aromatic rings. The molecule has 3 aromatic carbocycles. The van der Waals surface area contributed by atoms with Gasteiger partial charge in [-0.25, -0.2) is 4.79 Å². The summed E-state index contributed by atoms with van der Waals surface area (Å²) in [7, 11) is 3.31. The number of carbonyl (C=O) groups is 1. The summed E-state index contributed by atoms with van der Waals surface area (Å²) in [6.45, 7) is 15.1. The number of allylic oxidation sites excluding steroid dienone is 5. The van der Waals surface area contributed by atoms with Crippen molar-refractivity contribution in [3.05, 3.63) is 131 Å². The smallest absolute Gasteiger partial charge is 0.407 e. The van der Waals surface area contributed by atoms with Crippen molar-refractivity contribution in [3.63, 3.8) is 0 Å². The minimum atomic E-state index is -0.956. The average Bonchev–Trinajstić information content (AvgIpc) is 3.65. The van der Waals surface area contributed by atoms with Crippen molar-refractivity contribution in [2.75, 3.05) is 27.4 Å². The third kappa shape index (κ3) is 9.31. The van der Waals surface area contributed by atoms with Crippen molar-refractivity contribution in [3.8, 4) is 11.5 Å². The molecule has 1 amide bonds. The predicted octanol–water partition coefficient (Wildman–Crippen LogP) is 12.2. The summed E-state index contributed by atoms with van der Waals surface area (Å²) >= 11 is 0. The van der Waals surface area contributed by atoms with Gasteiger partial charge < -0.3 is 29.4 Å². The van der Waals surface area contributed by atoms with Crippen LogP contribution in [0.5, 0.6) is 11.5 Å². The molecule has 4 unspecified atom stereocenters. The minimum Gasteiger partial charge on any atom is -0.497 e. The van der Waals surface area contributed by atoms with E-state index < -0.39 is 17.8 Å². The van der Waals surface area contributed by atoms with Crippen LogP contribution in [-0.2, 0) is 15.1 Å². The third-order valence-electron chi connectivity index (χ3n) is 16.0. The average molecular weight is 844 g/mol. The van der Waals surface area contributed by atoms with Crippen LogP contribution < -0.4 is 14.8 Å². The van der Waals surface area contributed by atoms with Gasteiger partial charge in [-0.3, -0.25) is 0 Å². The molecule has 0 spiro atoms. The first-order valence-electron chi connectivity index (χ1n) is 23.5. The van der Waals surface area contributed by atoms with E-state index in [9.17, 15) is 9.90 Å². The van der Waals surface area contributed by atoms with Gasteiger partial charge in [0.25, 0.3) is 0 Å². The quantitative estimate of drug-likeness (QED) is 0.104. The van der Waals surface area contributed by atoms with Crippen LogP contribution in [0.4, 0.5) is 4.79 Å². The SMILES string of the molecule is COc1ccc(C(OCCC(O)CCNC(=O)O[C@@H]2CC[C@]3(C)C(=CC=C4C3CC[C@]3(C)C4CC[C@H]3[C@@H](C)/C=C/C(C)C(C)C)C2)(c2ccccc2)c2ccc(OC)cc2)cc1. The molecular formula is C55H73NO6. The monoisotopic (exact) mass is 844 g/mol. The maximum atomic E-state index is 13.1. The molecule has 334 valence electrons. The van der Waals surface area contributed by atoms with Crippen molar-refractivity contribution in [2.45, 2.75) is 117 Å². The van der Waals surface area contributed by atoms with Gasteiger partial charge >= 0.3 is 6.09 Å². The molecule has 0 heterocycles. The molecule has 0 aliphatic heterocycles. The number of carbonyl (C=O) groups excluding carboxylic acids is 1. The van der Waals surface area contributed by atoms with E-state index in [1.54, 1.807) is 19.8 Å². The van der Waals surface area contributed by atoms with Crippen LogP contribution in [0.1, 0.15) is 116 Å². The maximum Gasteiger partial charge on any atom is 0.407 e. The van der Waals surface area contributed by atoms with Crippen LogP contribution in [0.15, 0.2) is 114 Å². The van der Waals surface area contributed by atoms with Crippen LogP contribution in [0.2, 0.25) is 0 Å². The summed E-state index contributed by atoms with van der Waals surface area (Å²) < 4.78 is 23.9. The molecular weight excluding hydrogens is 771 g/mol. The Morgan fingerprint density at radius 3 is 2.06 bits per heavy atom. The van der Waals surface area contributed by atoms with Gasteiger partial charge in [-0.05, 0) is 139 Å². The summed E-state index contributed by atoms with van der Waals surface area (Å²) in [6, 6.07) is 26.0. The number of benzene rings is 3. The second-order valence-electron chi connectivity index (χ2n) is 19.7. The number of ether oxygens (including phenoxy) is 4. The first kappa shape index (κ1) is 45.7. The van der Waals surface area contributed by atoms with Gasteiger partial charge in [0, 0.05) is 13.0 Å². The highest BCUT2D eigenvalue weighted by Crippen LogP contribution is 2.66. The van der Waals surface area contributed by atoms with E-state index in [-0.39, 0.29) is 18.1 Å². The van der Waals surface area contributed by atoms with Crippen molar-refractivity contribution in [2.24, 2.45) is 46.3 Å². The molecule has 9 atom stereocenters. The first-order chi connectivity index (χ1) is 29.8. The molecule has 0 radical (unpaired) electrons. The van der Waals surface area contributed by atoms with E-state index >= 15 is 0 Å². The lowest BCUT2D eigenvalue weighted by Crippen LogP contribution is -2.47. The maximum absolute atomic E-state index is 13.1. The van der Waals surface area contributed by atoms with Gasteiger partial charge in [0.1, 0.15) is 23.2 Å². The normalized spacial score (nSPS) is 27.3. The molecule has 2 N–H and O–H groups in total. The summed E-state index contributed by atoms with van der Waals surface area (Å²) in [5, 5.41) is 14.1. The van der Waals surface area contributed by atoms with Gasteiger partial charge in [-0.15, -0.1) is 0 Å². The Balaban J connectivity index is 0.928. The second-order valence-corrected chi connectivity index (χ2v) is 19.7. The zero-order valence-corrected chi connectivity index (χ0v) is 38.7. The molecule has 3 saturated carbocycles. The van der Waals surface area contributed by atoms with Crippen LogP contribution >= 0.6 is 0 Å². The molecule has 7 rings (SSSR count). The lowest BCUT2D eigenvalue weighted by atomic mass is 9.50. The predicted molar refractivity (Wildman–Crippen MR) is 249 cm³/mol. The van der Waals surface area contributed by atoms with E-state index in [0.29, 0.717) is 54.4 Å². The number of hydrogen-bond acceptors (Lipinski definition) is 6. The molecule has 0 aromatic heterocycles. The zero-order valence-electron chi connectivity index (χ0n) is 38.7. The number of amides is 1. The Hall–Kier alpha value is -4.33. The highest BCUT2D eigenvalue weighted by atomic mass is 16.6. The lowest BCUT2D eigenvalue weighted by Gasteiger charge is -2.55. The topological polar surface area (TPSA) is 86.2 Å². The fourth-order valence-electron chi connectivity index (χ4n) is 11.8. The molecule has 7 heteroatoms. The van der Waals surface area contributed by atoms with E-state index in [2.05, 4.69) is 83.3 Å². The van der Waals surface area contributed by atoms with Gasteiger partial charge in [0.2, 0.25) is 0 Å². The Bertz CT molecular complexity index is 1990. The molecule has 3 fully saturated rings. The number of aliphatic hydroxyl groups is 1. The van der Waals surface area contributed by atoms with E-state index in [4.69, 9.17) is 18.9 Å². The van der Waals surface area contributed by atoms with Gasteiger partial charge in [-0.2, -0.15) is 0 Å². The number of fused-ring (bicyclic) bond motifs is 5. The standard InChI is InChI=1S/C55H73NO6/c1-37(2)38(3)14-15-39(4)49-26-27-50-48-25-20-43-36-47(28-32-53(43,5)51(48)29-33-54(49,50)6)62-52(58)56-34-30-44(57)31-35-61-55(40-12-10-9-11-13-40,41-16-21-45(59-7)22-17-41)42-18-23-46(60-8)24-19-42/h9-25,37-39,44,47,49-51,57H,26-36H2,1-8H3,(H,56,58)/b15-14+/t38?,39-,44?,47+,49-,50?,51?,53+,54-/m0/s1. The fourth-order valence-corrected chi connectivity index (χ4v) is 11.8. The van der Waals surface area contributed by atoms with Crippen molar-refractivity contribution < 1.29 is 28.8 Å². The third-order valence-corrected chi connectivity index (χ3v) is 16.0. The number of hydrogen-bond donors (Lipinski definition) is 2. The Morgan fingerprint density at radius 1 is 0.790 bits per heavy atom. The van der Waals surface area contributed by atoms with E-state index in [1.165, 1.54) is 31.3 Å². The van der Waals surface area contributed by atoms with Gasteiger partial charge in [0.15, 0.2) is 0 Å². The second kappa shape index (κ2) is 19.6. The molecule has 4 aliphatic carbocycles. The Labute approximate surface area is 372 Å². The minimum absolute atomic E-state index is 0.128. The number of nitrogens with one attached hydrogen (secondary N) is 1. The summed E-state index contributed by atoms with van der Waals surface area (Å²) in [5.41, 5.74) is 5.51. The van der Waals surface area contributed by atoms with E-state index in [0.717, 1.165) is 53.4 Å². The van der Waals surface area contributed by atoms with Crippen LogP contribution in [0.25, 0.3) is 0 Å². The van der Waals surface area contributed by atoms with Gasteiger partial charge in [-0.1, -0.05) is 132 Å². The van der Waals surface area contributed by atoms with Crippen molar-refractivity contribution in [1.82, 2.24) is 5.32 Å². The number of methoxy groups -OCH3 is 2. The Morgan fingerprint density at radius 2 is 1.44 bits per heavy atom. The number of rotatable bonds is 17. The first-order valence-corrected chi connectivity index (χ1v) is 23.5. The number of alkyl carbamates (subject to hydrolysis) is 1. The van der Waals surface area contributed by atoms with Gasteiger partial charge in [0.05, 0.1) is 26.9 Å². The largest absolute Gasteiger partial charge is 0.497 e. The summed E-state index contributed by atoms with van der Waals surface area (Å²) in [6.07, 6.45) is 17.3. The van der Waals surface area contributed by atoms with Crippen molar-refractivity contribution >= 4 is 6.09 Å². The molecule has 62 heavy (non-hydrogen) atoms. The molecule has 0 bridgehead atoms. The Kier molecular flexibility index (Phi) is 14.4. The highest BCUT2D eigenvalue weighted by Gasteiger charge is 2.57. The molecule has 7 nitrogen and oxygen atoms in total. The molecule has 0 saturated heterocycles. The summed E-state index contributed by atoms with van der Waals surface area (Å²) in [4.78, 5) is 13.1. The highest BCUT2D eigenvalue weighted by molar-refractivity contribution is 5.67.